The minimum atomic E-state index is -1.27. The zero-order chi connectivity index (χ0) is 12.3. The summed E-state index contributed by atoms with van der Waals surface area (Å²) in [6.45, 7) is 7.17. The maximum Gasteiger partial charge on any atom is 0.0790 e. The summed E-state index contributed by atoms with van der Waals surface area (Å²) in [6.07, 6.45) is 0. The lowest BCUT2D eigenvalue weighted by Crippen LogP contribution is -2.38. The van der Waals surface area contributed by atoms with Crippen LogP contribution in [0.25, 0.3) is 0 Å². The van der Waals surface area contributed by atoms with E-state index >= 15 is 0 Å². The Morgan fingerprint density at radius 1 is 0.941 bits per heavy atom. The average Bonchev–Trinajstić information content (AvgIpc) is 2.30. The second kappa shape index (κ2) is 5.11. The third-order valence-electron chi connectivity index (χ3n) is 2.60. The molecule has 0 aliphatic rings. The van der Waals surface area contributed by atoms with Gasteiger partial charge in [-0.25, -0.2) is 0 Å². The minimum Gasteiger partial charge on any atom is -0.0896 e. The summed E-state index contributed by atoms with van der Waals surface area (Å²) in [5.41, 5.74) is 0. The van der Waals surface area contributed by atoms with Crippen LogP contribution in [-0.2, 0) is 0 Å². The molecule has 87 valence electrons. The third kappa shape index (κ3) is 3.24. The normalized spacial score (nSPS) is 11.5. The van der Waals surface area contributed by atoms with Gasteiger partial charge in [-0.05, 0) is 23.4 Å². The minimum absolute atomic E-state index is 1.19. The van der Waals surface area contributed by atoms with Crippen molar-refractivity contribution in [2.24, 2.45) is 0 Å². The Balaban J connectivity index is 2.34. The van der Waals surface area contributed by atoms with Gasteiger partial charge in [0.05, 0.1) is 8.07 Å². The maximum atomic E-state index is 3.27. The Kier molecular flexibility index (Phi) is 3.75. The fourth-order valence-electron chi connectivity index (χ4n) is 1.73. The van der Waals surface area contributed by atoms with Gasteiger partial charge in [0.15, 0.2) is 0 Å². The first-order valence-corrected chi connectivity index (χ1v) is 10.1. The van der Waals surface area contributed by atoms with Crippen molar-refractivity contribution in [1.29, 1.82) is 0 Å². The molecule has 0 spiro atoms. The van der Waals surface area contributed by atoms with E-state index in [4.69, 9.17) is 0 Å². The van der Waals surface area contributed by atoms with Crippen molar-refractivity contribution >= 4 is 25.0 Å². The van der Waals surface area contributed by atoms with E-state index in [-0.39, 0.29) is 0 Å². The molecule has 0 heterocycles. The van der Waals surface area contributed by atoms with Crippen molar-refractivity contribution in [2.75, 3.05) is 0 Å². The summed E-state index contributed by atoms with van der Waals surface area (Å²) in [7, 11) is -1.27. The van der Waals surface area contributed by atoms with Crippen LogP contribution in [-0.4, -0.2) is 8.07 Å². The summed E-state index contributed by atoms with van der Waals surface area (Å²) in [4.78, 5) is 2.58. The van der Waals surface area contributed by atoms with Gasteiger partial charge in [0, 0.05) is 9.79 Å². The molecule has 0 saturated carbocycles. The molecule has 0 aromatic heterocycles. The van der Waals surface area contributed by atoms with Crippen molar-refractivity contribution in [3.8, 4) is 0 Å². The largest absolute Gasteiger partial charge is 0.0896 e. The van der Waals surface area contributed by atoms with Gasteiger partial charge in [-0.1, -0.05) is 67.8 Å². The number of rotatable bonds is 3. The van der Waals surface area contributed by atoms with Crippen molar-refractivity contribution in [1.82, 2.24) is 0 Å². The second-order valence-electron chi connectivity index (χ2n) is 5.08. The van der Waals surface area contributed by atoms with Crippen molar-refractivity contribution in [3.05, 3.63) is 54.6 Å². The monoisotopic (exact) mass is 257 g/mol. The Morgan fingerprint density at radius 3 is 2.29 bits per heavy atom. The molecule has 0 aliphatic heterocycles. The molecule has 0 amide bonds. The predicted octanol–water partition coefficient (Wildman–Crippen LogP) is 4.18. The zero-order valence-electron chi connectivity index (χ0n) is 10.5. The van der Waals surface area contributed by atoms with Gasteiger partial charge in [-0.3, -0.25) is 0 Å². The van der Waals surface area contributed by atoms with E-state index in [1.165, 1.54) is 15.0 Å². The fraction of sp³-hybridized carbons (Fsp3) is 0.200. The highest BCUT2D eigenvalue weighted by atomic mass is 32.2. The maximum absolute atomic E-state index is 3.27. The summed E-state index contributed by atoms with van der Waals surface area (Å²) in [5, 5.41) is 1.53. The van der Waals surface area contributed by atoms with Crippen LogP contribution in [0.3, 0.4) is 0 Å². The van der Waals surface area contributed by atoms with Crippen LogP contribution in [0, 0.1) is 6.07 Å². The van der Waals surface area contributed by atoms with Crippen LogP contribution >= 0.6 is 11.8 Å². The van der Waals surface area contributed by atoms with E-state index in [0.717, 1.165) is 0 Å². The molecule has 2 aromatic carbocycles. The molecule has 0 atom stereocenters. The van der Waals surface area contributed by atoms with Gasteiger partial charge in [-0.15, -0.1) is 0 Å². The molecular formula is C15H17SSi. The van der Waals surface area contributed by atoms with Crippen molar-refractivity contribution < 1.29 is 0 Å². The highest BCUT2D eigenvalue weighted by Crippen LogP contribution is 2.27. The van der Waals surface area contributed by atoms with Crippen LogP contribution in [0.5, 0.6) is 0 Å². The molecule has 2 rings (SSSR count). The first kappa shape index (κ1) is 12.5. The Hall–Kier alpha value is -0.993. The quantitative estimate of drug-likeness (QED) is 0.743. The SMILES string of the molecule is C[Si](C)(C)c1ccccc1Sc1[c]cccc1. The van der Waals surface area contributed by atoms with E-state index in [1.54, 1.807) is 0 Å². The van der Waals surface area contributed by atoms with Crippen LogP contribution in [0.2, 0.25) is 19.6 Å². The van der Waals surface area contributed by atoms with Gasteiger partial charge < -0.3 is 0 Å². The molecule has 2 aromatic rings. The van der Waals surface area contributed by atoms with E-state index in [1.807, 2.05) is 23.9 Å². The number of benzene rings is 2. The van der Waals surface area contributed by atoms with Crippen LogP contribution in [0.15, 0.2) is 58.3 Å². The van der Waals surface area contributed by atoms with E-state index < -0.39 is 8.07 Å². The Bertz CT molecular complexity index is 486. The lowest BCUT2D eigenvalue weighted by Gasteiger charge is -2.20. The summed E-state index contributed by atoms with van der Waals surface area (Å²) in [6, 6.07) is 20.2. The molecule has 0 unspecified atom stereocenters. The Morgan fingerprint density at radius 2 is 1.65 bits per heavy atom. The first-order chi connectivity index (χ1) is 8.07. The third-order valence-corrected chi connectivity index (χ3v) is 5.88. The summed E-state index contributed by atoms with van der Waals surface area (Å²) < 4.78 is 0. The molecule has 0 fully saturated rings. The second-order valence-corrected chi connectivity index (χ2v) is 11.2. The highest BCUT2D eigenvalue weighted by Gasteiger charge is 2.19. The van der Waals surface area contributed by atoms with Gasteiger partial charge in [-0.2, -0.15) is 0 Å². The molecule has 0 N–H and O–H groups in total. The lowest BCUT2D eigenvalue weighted by molar-refractivity contribution is 1.41. The fourth-order valence-corrected chi connectivity index (χ4v) is 5.06. The average molecular weight is 257 g/mol. The standard InChI is InChI=1S/C15H17SSi/c1-17(2,3)15-12-8-7-11-14(15)16-13-9-5-4-6-10-13/h4-9,11-12H,1-3H3. The smallest absolute Gasteiger partial charge is 0.0790 e. The molecule has 1 radical (unpaired) electrons. The highest BCUT2D eigenvalue weighted by molar-refractivity contribution is 7.99. The van der Waals surface area contributed by atoms with Gasteiger partial charge in [0.1, 0.15) is 0 Å². The summed E-state index contributed by atoms with van der Waals surface area (Å²) >= 11 is 1.82. The first-order valence-electron chi connectivity index (χ1n) is 5.81. The number of hydrogen-bond acceptors (Lipinski definition) is 1. The van der Waals surface area contributed by atoms with Crippen molar-refractivity contribution in [3.63, 3.8) is 0 Å². The predicted molar refractivity (Wildman–Crippen MR) is 78.8 cm³/mol. The summed E-state index contributed by atoms with van der Waals surface area (Å²) in [5.74, 6) is 0. The van der Waals surface area contributed by atoms with E-state index in [0.29, 0.717) is 0 Å². The Labute approximate surface area is 109 Å². The molecular weight excluding hydrogens is 240 g/mol. The molecule has 2 heteroatoms. The molecule has 0 saturated heterocycles. The van der Waals surface area contributed by atoms with Crippen LogP contribution < -0.4 is 5.19 Å². The molecule has 17 heavy (non-hydrogen) atoms. The van der Waals surface area contributed by atoms with E-state index in [9.17, 15) is 0 Å². The molecule has 0 bridgehead atoms. The molecule has 0 aliphatic carbocycles. The van der Waals surface area contributed by atoms with Crippen molar-refractivity contribution in [2.45, 2.75) is 29.4 Å². The zero-order valence-corrected chi connectivity index (χ0v) is 12.3. The van der Waals surface area contributed by atoms with Gasteiger partial charge >= 0.3 is 0 Å². The van der Waals surface area contributed by atoms with Gasteiger partial charge in [0.25, 0.3) is 0 Å². The topological polar surface area (TPSA) is 0 Å². The molecule has 0 nitrogen and oxygen atoms in total. The van der Waals surface area contributed by atoms with Crippen LogP contribution in [0.4, 0.5) is 0 Å². The van der Waals surface area contributed by atoms with E-state index in [2.05, 4.69) is 62.1 Å². The number of hydrogen-bond donors (Lipinski definition) is 0. The van der Waals surface area contributed by atoms with Crippen LogP contribution in [0.1, 0.15) is 0 Å². The van der Waals surface area contributed by atoms with Gasteiger partial charge in [0.2, 0.25) is 0 Å². The lowest BCUT2D eigenvalue weighted by atomic mass is 10.4.